The fourth-order valence-corrected chi connectivity index (χ4v) is 2.11. The van der Waals surface area contributed by atoms with Crippen LogP contribution in [0.5, 0.6) is 0 Å². The average molecular weight is 271 g/mol. The van der Waals surface area contributed by atoms with E-state index in [1.165, 1.54) is 5.56 Å². The number of hydrogen-bond acceptors (Lipinski definition) is 3. The molecule has 0 aliphatic carbocycles. The van der Waals surface area contributed by atoms with Gasteiger partial charge in [0.15, 0.2) is 0 Å². The number of methoxy groups -OCH3 is 1. The van der Waals surface area contributed by atoms with Gasteiger partial charge in [0.2, 0.25) is 0 Å². The minimum atomic E-state index is 0.278. The molecule has 3 nitrogen and oxygen atoms in total. The highest BCUT2D eigenvalue weighted by Gasteiger charge is 2.12. The van der Waals surface area contributed by atoms with Crippen LogP contribution in [0.1, 0.15) is 31.4 Å². The minimum Gasteiger partial charge on any atom is -0.383 e. The van der Waals surface area contributed by atoms with Crippen LogP contribution in [0.15, 0.2) is 24.3 Å². The molecule has 0 saturated heterocycles. The van der Waals surface area contributed by atoms with Gasteiger partial charge in [-0.1, -0.05) is 23.7 Å². The molecular weight excluding hydrogens is 248 g/mol. The zero-order chi connectivity index (χ0) is 13.4. The summed E-state index contributed by atoms with van der Waals surface area (Å²) in [6.45, 7) is 3.57. The average Bonchev–Trinajstić information content (AvgIpc) is 2.37. The molecule has 18 heavy (non-hydrogen) atoms. The molecule has 2 atom stereocenters. The first-order valence-electron chi connectivity index (χ1n) is 6.38. The second kappa shape index (κ2) is 8.48. The number of rotatable bonds is 8. The lowest BCUT2D eigenvalue weighted by Gasteiger charge is -2.23. The Bertz CT molecular complexity index is 329. The fourth-order valence-electron chi connectivity index (χ4n) is 1.98. The van der Waals surface area contributed by atoms with Crippen molar-refractivity contribution in [2.45, 2.75) is 31.8 Å². The second-order valence-electron chi connectivity index (χ2n) is 4.52. The Morgan fingerprint density at radius 2 is 2.00 bits per heavy atom. The molecule has 0 heterocycles. The zero-order valence-electron chi connectivity index (χ0n) is 11.2. The van der Waals surface area contributed by atoms with Crippen LogP contribution < -0.4 is 11.1 Å². The molecule has 0 aliphatic heterocycles. The van der Waals surface area contributed by atoms with Gasteiger partial charge >= 0.3 is 0 Å². The summed E-state index contributed by atoms with van der Waals surface area (Å²) in [4.78, 5) is 0. The summed E-state index contributed by atoms with van der Waals surface area (Å²) in [6.07, 6.45) is 2.04. The zero-order valence-corrected chi connectivity index (χ0v) is 11.9. The summed E-state index contributed by atoms with van der Waals surface area (Å²) in [5, 5.41) is 4.33. The second-order valence-corrected chi connectivity index (χ2v) is 4.96. The van der Waals surface area contributed by atoms with Gasteiger partial charge in [0.1, 0.15) is 0 Å². The van der Waals surface area contributed by atoms with E-state index in [4.69, 9.17) is 22.1 Å². The number of nitrogens with two attached hydrogens (primary N) is 1. The van der Waals surface area contributed by atoms with Crippen molar-refractivity contribution in [3.63, 3.8) is 0 Å². The first kappa shape index (κ1) is 15.4. The summed E-state index contributed by atoms with van der Waals surface area (Å²) in [7, 11) is 1.73. The topological polar surface area (TPSA) is 47.3 Å². The Morgan fingerprint density at radius 1 is 1.33 bits per heavy atom. The molecule has 3 N–H and O–H groups in total. The van der Waals surface area contributed by atoms with Gasteiger partial charge in [0.25, 0.3) is 0 Å². The third kappa shape index (κ3) is 5.36. The maximum atomic E-state index is 5.89. The first-order chi connectivity index (χ1) is 8.67. The third-order valence-corrected chi connectivity index (χ3v) is 3.23. The van der Waals surface area contributed by atoms with Crippen LogP contribution in [0.4, 0.5) is 0 Å². The van der Waals surface area contributed by atoms with E-state index in [1.807, 2.05) is 24.3 Å². The van der Waals surface area contributed by atoms with Crippen molar-refractivity contribution < 1.29 is 4.74 Å². The molecule has 1 rings (SSSR count). The van der Waals surface area contributed by atoms with Crippen LogP contribution >= 0.6 is 11.6 Å². The van der Waals surface area contributed by atoms with Crippen molar-refractivity contribution in [1.29, 1.82) is 0 Å². The Hall–Kier alpha value is -0.610. The van der Waals surface area contributed by atoms with Crippen molar-refractivity contribution in [2.24, 2.45) is 5.73 Å². The smallest absolute Gasteiger partial charge is 0.0616 e. The van der Waals surface area contributed by atoms with E-state index in [2.05, 4.69) is 12.2 Å². The summed E-state index contributed by atoms with van der Waals surface area (Å²) in [6, 6.07) is 8.55. The highest BCUT2D eigenvalue weighted by atomic mass is 35.5. The molecule has 1 aromatic carbocycles. The summed E-state index contributed by atoms with van der Waals surface area (Å²) < 4.78 is 5.23. The van der Waals surface area contributed by atoms with Gasteiger partial charge in [0.05, 0.1) is 6.61 Å². The molecule has 4 heteroatoms. The van der Waals surface area contributed by atoms with Crippen LogP contribution in [0.3, 0.4) is 0 Å². The van der Waals surface area contributed by atoms with Crippen LogP contribution in [0.2, 0.25) is 5.02 Å². The van der Waals surface area contributed by atoms with Crippen molar-refractivity contribution in [2.75, 3.05) is 20.3 Å². The lowest BCUT2D eigenvalue weighted by atomic mass is 10.1. The van der Waals surface area contributed by atoms with Crippen LogP contribution in [-0.4, -0.2) is 26.3 Å². The molecule has 102 valence electrons. The molecule has 0 amide bonds. The summed E-state index contributed by atoms with van der Waals surface area (Å²) in [5.74, 6) is 0. The van der Waals surface area contributed by atoms with Gasteiger partial charge < -0.3 is 15.8 Å². The lowest BCUT2D eigenvalue weighted by Crippen LogP contribution is -2.35. The number of nitrogens with one attached hydrogen (secondary N) is 1. The number of halogens is 1. The fraction of sp³-hybridized carbons (Fsp3) is 0.571. The molecule has 0 aromatic heterocycles. The number of ether oxygens (including phenoxy) is 1. The van der Waals surface area contributed by atoms with Gasteiger partial charge in [0, 0.05) is 24.2 Å². The van der Waals surface area contributed by atoms with Gasteiger partial charge in [-0.05, 0) is 44.0 Å². The molecule has 1 unspecified atom stereocenters. The van der Waals surface area contributed by atoms with E-state index in [0.717, 1.165) is 24.4 Å². The predicted octanol–water partition coefficient (Wildman–Crippen LogP) is 2.74. The monoisotopic (exact) mass is 270 g/mol. The van der Waals surface area contributed by atoms with Gasteiger partial charge in [-0.15, -0.1) is 0 Å². The highest BCUT2D eigenvalue weighted by Crippen LogP contribution is 2.17. The largest absolute Gasteiger partial charge is 0.383 e. The SMILES string of the molecule is COCC(CCCN)N[C@H](C)c1ccc(Cl)cc1. The van der Waals surface area contributed by atoms with Crippen LogP contribution in [0.25, 0.3) is 0 Å². The molecule has 0 fully saturated rings. The van der Waals surface area contributed by atoms with Crippen molar-refractivity contribution in [1.82, 2.24) is 5.32 Å². The van der Waals surface area contributed by atoms with E-state index in [0.29, 0.717) is 12.6 Å². The van der Waals surface area contributed by atoms with E-state index >= 15 is 0 Å². The maximum Gasteiger partial charge on any atom is 0.0616 e. The van der Waals surface area contributed by atoms with Crippen LogP contribution in [0, 0.1) is 0 Å². The first-order valence-corrected chi connectivity index (χ1v) is 6.75. The normalized spacial score (nSPS) is 14.4. The van der Waals surface area contributed by atoms with E-state index in [9.17, 15) is 0 Å². The van der Waals surface area contributed by atoms with E-state index in [1.54, 1.807) is 7.11 Å². The maximum absolute atomic E-state index is 5.89. The van der Waals surface area contributed by atoms with Crippen LogP contribution in [-0.2, 0) is 4.74 Å². The molecule has 0 bridgehead atoms. The van der Waals surface area contributed by atoms with Crippen molar-refractivity contribution >= 4 is 11.6 Å². The van der Waals surface area contributed by atoms with Gasteiger partial charge in [-0.2, -0.15) is 0 Å². The summed E-state index contributed by atoms with van der Waals surface area (Å²) >= 11 is 5.89. The Balaban J connectivity index is 2.53. The molecule has 0 radical (unpaired) electrons. The Kier molecular flexibility index (Phi) is 7.28. The molecule has 0 spiro atoms. The Morgan fingerprint density at radius 3 is 2.56 bits per heavy atom. The van der Waals surface area contributed by atoms with Gasteiger partial charge in [-0.25, -0.2) is 0 Å². The molecule has 1 aromatic rings. The number of benzene rings is 1. The predicted molar refractivity (Wildman–Crippen MR) is 77.0 cm³/mol. The summed E-state index contributed by atoms with van der Waals surface area (Å²) in [5.41, 5.74) is 6.78. The minimum absolute atomic E-state index is 0.278. The van der Waals surface area contributed by atoms with E-state index < -0.39 is 0 Å². The molecule has 0 saturated carbocycles. The quantitative estimate of drug-likeness (QED) is 0.764. The highest BCUT2D eigenvalue weighted by molar-refractivity contribution is 6.30. The lowest BCUT2D eigenvalue weighted by molar-refractivity contribution is 0.156. The number of hydrogen-bond donors (Lipinski definition) is 2. The van der Waals surface area contributed by atoms with Crippen molar-refractivity contribution in [3.05, 3.63) is 34.9 Å². The third-order valence-electron chi connectivity index (χ3n) is 2.98. The van der Waals surface area contributed by atoms with Crippen molar-refractivity contribution in [3.8, 4) is 0 Å². The molecular formula is C14H23ClN2O. The molecule has 0 aliphatic rings. The standard InChI is InChI=1S/C14H23ClN2O/c1-11(12-5-7-13(15)8-6-12)17-14(10-18-2)4-3-9-16/h5-8,11,14,17H,3-4,9-10,16H2,1-2H3/t11-,14?/m1/s1. The Labute approximate surface area is 115 Å². The van der Waals surface area contributed by atoms with E-state index in [-0.39, 0.29) is 6.04 Å². The van der Waals surface area contributed by atoms with Gasteiger partial charge in [-0.3, -0.25) is 0 Å².